The molecule has 0 unspecified atom stereocenters. The molecule has 1 saturated heterocycles. The summed E-state index contributed by atoms with van der Waals surface area (Å²) in [4.78, 5) is 18.8. The zero-order valence-electron chi connectivity index (χ0n) is 19.8. The summed E-state index contributed by atoms with van der Waals surface area (Å²) >= 11 is 0. The molecule has 1 amide bonds. The lowest BCUT2D eigenvalue weighted by Crippen LogP contribution is -2.41. The van der Waals surface area contributed by atoms with Crippen LogP contribution in [0.1, 0.15) is 76.0 Å². The number of carbonyl (C=O) groups excluding carboxylic acids is 1. The van der Waals surface area contributed by atoms with Crippen LogP contribution in [0.25, 0.3) is 11.1 Å². The van der Waals surface area contributed by atoms with Crippen molar-refractivity contribution in [1.82, 2.24) is 19.5 Å². The fourth-order valence-electron chi connectivity index (χ4n) is 6.03. The van der Waals surface area contributed by atoms with E-state index in [1.54, 1.807) is 14.0 Å². The Morgan fingerprint density at radius 3 is 2.76 bits per heavy atom. The molecule has 8 heteroatoms. The number of hydrogen-bond acceptors (Lipinski definition) is 6. The molecule has 2 aromatic rings. The van der Waals surface area contributed by atoms with Crippen molar-refractivity contribution in [3.8, 4) is 0 Å². The van der Waals surface area contributed by atoms with E-state index in [1.807, 2.05) is 13.1 Å². The molecule has 178 valence electrons. The highest BCUT2D eigenvalue weighted by atomic mass is 16.5. The van der Waals surface area contributed by atoms with Gasteiger partial charge in [0.1, 0.15) is 0 Å². The van der Waals surface area contributed by atoms with Gasteiger partial charge < -0.3 is 20.1 Å². The molecule has 1 saturated carbocycles. The van der Waals surface area contributed by atoms with Gasteiger partial charge in [-0.05, 0) is 63.5 Å². The van der Waals surface area contributed by atoms with E-state index >= 15 is 0 Å². The highest BCUT2D eigenvalue weighted by Crippen LogP contribution is 2.42. The zero-order valence-corrected chi connectivity index (χ0v) is 19.8. The molecule has 0 spiro atoms. The summed E-state index contributed by atoms with van der Waals surface area (Å²) in [6.45, 7) is 4.31. The number of aliphatic hydroxyl groups excluding tert-OH is 1. The number of hydrogen-bond donors (Lipinski definition) is 2. The van der Waals surface area contributed by atoms with Crippen LogP contribution in [0.5, 0.6) is 0 Å². The summed E-state index contributed by atoms with van der Waals surface area (Å²) in [6, 6.07) is 2.87. The Balaban J connectivity index is 1.54. The number of anilines is 1. The van der Waals surface area contributed by atoms with Crippen LogP contribution in [-0.2, 0) is 9.53 Å². The molecule has 3 aliphatic rings. The fourth-order valence-corrected chi connectivity index (χ4v) is 6.03. The molecule has 8 nitrogen and oxygen atoms in total. The van der Waals surface area contributed by atoms with E-state index in [2.05, 4.69) is 31.9 Å². The molecule has 2 aromatic heterocycles. The summed E-state index contributed by atoms with van der Waals surface area (Å²) in [5.74, 6) is 1.13. The SMILES string of the molecule is COC[C@H](C)Nc1ncc2c(C3=C[C@@H]4CC[C@H](C3)N4C(C)=O)cc(C3CCC(O)CC3)n2n1. The summed E-state index contributed by atoms with van der Waals surface area (Å²) in [5, 5.41) is 18.3. The van der Waals surface area contributed by atoms with Gasteiger partial charge in [-0.2, -0.15) is 0 Å². The molecule has 5 rings (SSSR count). The van der Waals surface area contributed by atoms with Gasteiger partial charge in [0.05, 0.1) is 30.5 Å². The second kappa shape index (κ2) is 9.06. The lowest BCUT2D eigenvalue weighted by atomic mass is 9.85. The number of nitrogens with one attached hydrogen (secondary N) is 1. The van der Waals surface area contributed by atoms with E-state index < -0.39 is 0 Å². The maximum absolute atomic E-state index is 12.2. The van der Waals surface area contributed by atoms with Crippen molar-refractivity contribution in [2.24, 2.45) is 0 Å². The standard InChI is InChI=1S/C25H35N5O3/c1-15(14-33-3)27-25-26-13-24-22(18-10-19-6-7-20(11-18)29(19)16(2)31)12-23(30(24)28-25)17-4-8-21(32)9-5-17/h10,12-13,15,17,19-21,32H,4-9,11,14H2,1-3H3,(H,27,28)/t15-,17?,19-,20+,21?/m0/s1. The van der Waals surface area contributed by atoms with Gasteiger partial charge in [0.2, 0.25) is 11.9 Å². The third kappa shape index (κ3) is 4.26. The lowest BCUT2D eigenvalue weighted by molar-refractivity contribution is -0.131. The molecule has 2 aliphatic heterocycles. The van der Waals surface area contributed by atoms with Crippen LogP contribution in [0, 0.1) is 0 Å². The maximum atomic E-state index is 12.2. The Bertz CT molecular complexity index is 1060. The molecule has 4 heterocycles. The van der Waals surface area contributed by atoms with E-state index in [9.17, 15) is 9.90 Å². The summed E-state index contributed by atoms with van der Waals surface area (Å²) < 4.78 is 7.31. The third-order valence-electron chi connectivity index (χ3n) is 7.56. The van der Waals surface area contributed by atoms with Crippen molar-refractivity contribution < 1.29 is 14.6 Å². The van der Waals surface area contributed by atoms with E-state index in [4.69, 9.17) is 9.84 Å². The number of rotatable bonds is 6. The number of aromatic nitrogens is 3. The molecule has 2 bridgehead atoms. The van der Waals surface area contributed by atoms with E-state index in [1.165, 1.54) is 16.8 Å². The minimum atomic E-state index is -0.192. The van der Waals surface area contributed by atoms with Gasteiger partial charge in [-0.1, -0.05) is 6.08 Å². The Labute approximate surface area is 195 Å². The first-order chi connectivity index (χ1) is 15.9. The van der Waals surface area contributed by atoms with E-state index in [0.717, 1.165) is 50.5 Å². The van der Waals surface area contributed by atoms with Gasteiger partial charge in [0, 0.05) is 43.3 Å². The van der Waals surface area contributed by atoms with E-state index in [0.29, 0.717) is 18.5 Å². The molecule has 0 radical (unpaired) electrons. The smallest absolute Gasteiger partial charge is 0.241 e. The van der Waals surface area contributed by atoms with Crippen LogP contribution < -0.4 is 5.32 Å². The Morgan fingerprint density at radius 2 is 2.06 bits per heavy atom. The van der Waals surface area contributed by atoms with Crippen LogP contribution in [0.2, 0.25) is 0 Å². The normalized spacial score (nSPS) is 28.1. The highest BCUT2D eigenvalue weighted by Gasteiger charge is 2.39. The first kappa shape index (κ1) is 22.3. The first-order valence-corrected chi connectivity index (χ1v) is 12.3. The van der Waals surface area contributed by atoms with Crippen LogP contribution in [0.3, 0.4) is 0 Å². The number of amides is 1. The highest BCUT2D eigenvalue weighted by molar-refractivity contribution is 5.83. The number of ether oxygens (including phenoxy) is 1. The Kier molecular flexibility index (Phi) is 6.14. The molecule has 1 aliphatic carbocycles. The molecular formula is C25H35N5O3. The van der Waals surface area contributed by atoms with Crippen molar-refractivity contribution in [3.05, 3.63) is 29.6 Å². The first-order valence-electron chi connectivity index (χ1n) is 12.3. The average Bonchev–Trinajstić information content (AvgIpc) is 3.29. The molecule has 33 heavy (non-hydrogen) atoms. The van der Waals surface area contributed by atoms with Gasteiger partial charge in [-0.25, -0.2) is 9.50 Å². The number of methoxy groups -OCH3 is 1. The van der Waals surface area contributed by atoms with Gasteiger partial charge in [-0.15, -0.1) is 5.10 Å². The van der Waals surface area contributed by atoms with Gasteiger partial charge >= 0.3 is 0 Å². The minimum absolute atomic E-state index is 0.102. The Morgan fingerprint density at radius 1 is 1.27 bits per heavy atom. The lowest BCUT2D eigenvalue weighted by Gasteiger charge is -2.33. The zero-order chi connectivity index (χ0) is 23.1. The van der Waals surface area contributed by atoms with Gasteiger partial charge in [0.25, 0.3) is 0 Å². The van der Waals surface area contributed by atoms with Crippen LogP contribution in [0.15, 0.2) is 18.3 Å². The monoisotopic (exact) mass is 453 g/mol. The number of carbonyl (C=O) groups is 1. The molecule has 2 N–H and O–H groups in total. The van der Waals surface area contributed by atoms with Crippen molar-refractivity contribution in [2.75, 3.05) is 19.0 Å². The van der Waals surface area contributed by atoms with Crippen LogP contribution in [0.4, 0.5) is 5.95 Å². The topological polar surface area (TPSA) is 92.0 Å². The van der Waals surface area contributed by atoms with E-state index in [-0.39, 0.29) is 30.1 Å². The predicted octanol–water partition coefficient (Wildman–Crippen LogP) is 3.36. The third-order valence-corrected chi connectivity index (χ3v) is 7.56. The molecular weight excluding hydrogens is 418 g/mol. The molecule has 0 aromatic carbocycles. The second-order valence-electron chi connectivity index (χ2n) is 9.99. The van der Waals surface area contributed by atoms with Crippen LogP contribution in [-0.4, -0.2) is 68.5 Å². The molecule has 2 fully saturated rings. The van der Waals surface area contributed by atoms with Crippen LogP contribution >= 0.6 is 0 Å². The predicted molar refractivity (Wildman–Crippen MR) is 127 cm³/mol. The number of nitrogens with zero attached hydrogens (tertiary/aromatic N) is 4. The average molecular weight is 454 g/mol. The quantitative estimate of drug-likeness (QED) is 0.697. The van der Waals surface area contributed by atoms with Crippen molar-refractivity contribution >= 4 is 22.9 Å². The van der Waals surface area contributed by atoms with Crippen molar-refractivity contribution in [1.29, 1.82) is 0 Å². The maximum Gasteiger partial charge on any atom is 0.241 e. The number of fused-ring (bicyclic) bond motifs is 3. The van der Waals surface area contributed by atoms with Crippen molar-refractivity contribution in [3.63, 3.8) is 0 Å². The van der Waals surface area contributed by atoms with Gasteiger partial charge in [-0.3, -0.25) is 4.79 Å². The fraction of sp³-hybridized carbons (Fsp3) is 0.640. The van der Waals surface area contributed by atoms with Crippen molar-refractivity contribution in [2.45, 2.75) is 88.9 Å². The minimum Gasteiger partial charge on any atom is -0.393 e. The largest absolute Gasteiger partial charge is 0.393 e. The molecule has 3 atom stereocenters. The summed E-state index contributed by atoms with van der Waals surface area (Å²) in [5.41, 5.74) is 4.70. The summed E-state index contributed by atoms with van der Waals surface area (Å²) in [6.07, 6.45) is 10.6. The second-order valence-corrected chi connectivity index (χ2v) is 9.99. The summed E-state index contributed by atoms with van der Waals surface area (Å²) in [7, 11) is 1.69. The number of aliphatic hydroxyl groups is 1. The van der Waals surface area contributed by atoms with Gasteiger partial charge in [0.15, 0.2) is 0 Å². The Hall–Kier alpha value is -2.45.